The number of nitrogens with zero attached hydrogens (tertiary/aromatic N) is 3. The van der Waals surface area contributed by atoms with Gasteiger partial charge in [0, 0.05) is 18.7 Å². The largest absolute Gasteiger partial charge is 0.399 e. The Hall–Kier alpha value is -2.33. The summed E-state index contributed by atoms with van der Waals surface area (Å²) in [5.41, 5.74) is 10.1. The van der Waals surface area contributed by atoms with Gasteiger partial charge in [0.1, 0.15) is 5.82 Å². The standard InChI is InChI=1S/C19H24N4/c1-22(2)12-5-13-23-18-7-4-3-6-17(18)21-19(23)14-15-8-10-16(20)11-9-15/h3-4,6-11H,5,12-14,20H2,1-2H3. The van der Waals surface area contributed by atoms with E-state index in [9.17, 15) is 0 Å². The Kier molecular flexibility index (Phi) is 4.63. The number of nitrogen functional groups attached to an aromatic ring is 1. The van der Waals surface area contributed by atoms with Gasteiger partial charge in [-0.05, 0) is 56.9 Å². The minimum atomic E-state index is 0.799. The number of rotatable bonds is 6. The molecule has 1 heterocycles. The Morgan fingerprint density at radius 3 is 2.52 bits per heavy atom. The molecule has 0 atom stereocenters. The number of fused-ring (bicyclic) bond motifs is 1. The van der Waals surface area contributed by atoms with Gasteiger partial charge in [-0.1, -0.05) is 24.3 Å². The highest BCUT2D eigenvalue weighted by atomic mass is 15.1. The average molecular weight is 308 g/mol. The molecule has 0 aliphatic rings. The number of aromatic nitrogens is 2. The first-order valence-corrected chi connectivity index (χ1v) is 8.07. The number of imidazole rings is 1. The van der Waals surface area contributed by atoms with Gasteiger partial charge < -0.3 is 15.2 Å². The normalized spacial score (nSPS) is 11.4. The molecular weight excluding hydrogens is 284 g/mol. The van der Waals surface area contributed by atoms with Gasteiger partial charge >= 0.3 is 0 Å². The van der Waals surface area contributed by atoms with Crippen LogP contribution in [-0.2, 0) is 13.0 Å². The summed E-state index contributed by atoms with van der Waals surface area (Å²) in [6.07, 6.45) is 1.94. The molecule has 0 saturated carbocycles. The fraction of sp³-hybridized carbons (Fsp3) is 0.316. The molecule has 4 heteroatoms. The number of hydrogen-bond donors (Lipinski definition) is 1. The molecule has 120 valence electrons. The maximum absolute atomic E-state index is 5.78. The Bertz CT molecular complexity index is 772. The van der Waals surface area contributed by atoms with Crippen LogP contribution in [-0.4, -0.2) is 35.1 Å². The first-order valence-electron chi connectivity index (χ1n) is 8.07. The summed E-state index contributed by atoms with van der Waals surface area (Å²) in [4.78, 5) is 7.07. The van der Waals surface area contributed by atoms with Crippen molar-refractivity contribution in [2.75, 3.05) is 26.4 Å². The molecule has 0 amide bonds. The first kappa shape index (κ1) is 15.6. The number of anilines is 1. The van der Waals surface area contributed by atoms with Crippen LogP contribution in [0.15, 0.2) is 48.5 Å². The number of benzene rings is 2. The lowest BCUT2D eigenvalue weighted by Gasteiger charge is -2.12. The average Bonchev–Trinajstić information content (AvgIpc) is 2.87. The third-order valence-electron chi connectivity index (χ3n) is 4.06. The van der Waals surface area contributed by atoms with Crippen LogP contribution < -0.4 is 5.73 Å². The van der Waals surface area contributed by atoms with Gasteiger partial charge in [0.25, 0.3) is 0 Å². The zero-order valence-corrected chi connectivity index (χ0v) is 13.9. The molecule has 4 nitrogen and oxygen atoms in total. The molecule has 3 aromatic rings. The smallest absolute Gasteiger partial charge is 0.114 e. The van der Waals surface area contributed by atoms with Gasteiger partial charge in [-0.15, -0.1) is 0 Å². The Morgan fingerprint density at radius 2 is 1.78 bits per heavy atom. The van der Waals surface area contributed by atoms with Gasteiger partial charge in [-0.25, -0.2) is 4.98 Å². The second-order valence-electron chi connectivity index (χ2n) is 6.24. The van der Waals surface area contributed by atoms with Crippen molar-refractivity contribution in [3.8, 4) is 0 Å². The van der Waals surface area contributed by atoms with Crippen molar-refractivity contribution in [1.29, 1.82) is 0 Å². The van der Waals surface area contributed by atoms with E-state index in [1.165, 1.54) is 11.1 Å². The fourth-order valence-corrected chi connectivity index (χ4v) is 2.87. The number of para-hydroxylation sites is 2. The van der Waals surface area contributed by atoms with Crippen molar-refractivity contribution in [2.24, 2.45) is 0 Å². The lowest BCUT2D eigenvalue weighted by molar-refractivity contribution is 0.386. The Morgan fingerprint density at radius 1 is 1.04 bits per heavy atom. The van der Waals surface area contributed by atoms with Crippen LogP contribution in [0.3, 0.4) is 0 Å². The minimum absolute atomic E-state index is 0.799. The Balaban J connectivity index is 1.89. The maximum atomic E-state index is 5.78. The van der Waals surface area contributed by atoms with Crippen molar-refractivity contribution in [1.82, 2.24) is 14.5 Å². The second-order valence-corrected chi connectivity index (χ2v) is 6.24. The van der Waals surface area contributed by atoms with E-state index in [0.717, 1.165) is 43.0 Å². The summed E-state index contributed by atoms with van der Waals surface area (Å²) in [6, 6.07) is 16.4. The molecule has 0 spiro atoms. The zero-order valence-electron chi connectivity index (χ0n) is 13.9. The predicted molar refractivity (Wildman–Crippen MR) is 96.6 cm³/mol. The highest BCUT2D eigenvalue weighted by Crippen LogP contribution is 2.19. The quantitative estimate of drug-likeness (QED) is 0.712. The van der Waals surface area contributed by atoms with E-state index in [2.05, 4.69) is 53.9 Å². The van der Waals surface area contributed by atoms with Crippen molar-refractivity contribution < 1.29 is 0 Å². The molecule has 0 unspecified atom stereocenters. The van der Waals surface area contributed by atoms with Crippen molar-refractivity contribution in [2.45, 2.75) is 19.4 Å². The topological polar surface area (TPSA) is 47.1 Å². The van der Waals surface area contributed by atoms with Crippen LogP contribution in [0.25, 0.3) is 11.0 Å². The highest BCUT2D eigenvalue weighted by molar-refractivity contribution is 5.76. The Labute approximate surface area is 137 Å². The SMILES string of the molecule is CN(C)CCCn1c(Cc2ccc(N)cc2)nc2ccccc21. The van der Waals surface area contributed by atoms with E-state index >= 15 is 0 Å². The first-order chi connectivity index (χ1) is 11.1. The molecule has 0 bridgehead atoms. The summed E-state index contributed by atoms with van der Waals surface area (Å²) >= 11 is 0. The van der Waals surface area contributed by atoms with Crippen LogP contribution in [0, 0.1) is 0 Å². The second kappa shape index (κ2) is 6.84. The summed E-state index contributed by atoms with van der Waals surface area (Å²) in [7, 11) is 4.22. The molecule has 0 aliphatic heterocycles. The number of hydrogen-bond acceptors (Lipinski definition) is 3. The van der Waals surface area contributed by atoms with Gasteiger partial charge in [0.05, 0.1) is 11.0 Å². The van der Waals surface area contributed by atoms with Gasteiger partial charge in [0.2, 0.25) is 0 Å². The van der Waals surface area contributed by atoms with Crippen LogP contribution >= 0.6 is 0 Å². The molecule has 2 aromatic carbocycles. The monoisotopic (exact) mass is 308 g/mol. The predicted octanol–water partition coefficient (Wildman–Crippen LogP) is 3.16. The van der Waals surface area contributed by atoms with Gasteiger partial charge in [-0.3, -0.25) is 0 Å². The van der Waals surface area contributed by atoms with E-state index in [1.807, 2.05) is 18.2 Å². The lowest BCUT2D eigenvalue weighted by atomic mass is 10.1. The van der Waals surface area contributed by atoms with Gasteiger partial charge in [0.15, 0.2) is 0 Å². The summed E-state index contributed by atoms with van der Waals surface area (Å²) in [5, 5.41) is 0. The minimum Gasteiger partial charge on any atom is -0.399 e. The van der Waals surface area contributed by atoms with Crippen molar-refractivity contribution >= 4 is 16.7 Å². The maximum Gasteiger partial charge on any atom is 0.114 e. The van der Waals surface area contributed by atoms with E-state index in [-0.39, 0.29) is 0 Å². The van der Waals surface area contributed by atoms with Crippen molar-refractivity contribution in [3.05, 3.63) is 59.9 Å². The molecule has 1 aromatic heterocycles. The molecule has 0 fully saturated rings. The summed E-state index contributed by atoms with van der Waals surface area (Å²) in [5.74, 6) is 1.12. The molecule has 2 N–H and O–H groups in total. The van der Waals surface area contributed by atoms with Crippen LogP contribution in [0.5, 0.6) is 0 Å². The van der Waals surface area contributed by atoms with E-state index in [1.54, 1.807) is 0 Å². The fourth-order valence-electron chi connectivity index (χ4n) is 2.87. The third kappa shape index (κ3) is 3.71. The van der Waals surface area contributed by atoms with Crippen LogP contribution in [0.4, 0.5) is 5.69 Å². The van der Waals surface area contributed by atoms with E-state index in [4.69, 9.17) is 10.7 Å². The summed E-state index contributed by atoms with van der Waals surface area (Å²) in [6.45, 7) is 2.07. The molecule has 0 radical (unpaired) electrons. The third-order valence-corrected chi connectivity index (χ3v) is 4.06. The molecule has 3 rings (SSSR count). The van der Waals surface area contributed by atoms with E-state index < -0.39 is 0 Å². The van der Waals surface area contributed by atoms with Crippen LogP contribution in [0.2, 0.25) is 0 Å². The zero-order chi connectivity index (χ0) is 16.2. The highest BCUT2D eigenvalue weighted by Gasteiger charge is 2.11. The lowest BCUT2D eigenvalue weighted by Crippen LogP contribution is -2.16. The van der Waals surface area contributed by atoms with Crippen LogP contribution in [0.1, 0.15) is 17.8 Å². The molecular formula is C19H24N4. The van der Waals surface area contributed by atoms with Gasteiger partial charge in [-0.2, -0.15) is 0 Å². The molecule has 23 heavy (non-hydrogen) atoms. The molecule has 0 saturated heterocycles. The van der Waals surface area contributed by atoms with E-state index in [0.29, 0.717) is 0 Å². The molecule has 0 aliphatic carbocycles. The number of nitrogens with two attached hydrogens (primary N) is 1. The summed E-state index contributed by atoms with van der Waals surface area (Å²) < 4.78 is 2.36. The van der Waals surface area contributed by atoms with Crippen molar-refractivity contribution in [3.63, 3.8) is 0 Å². The number of aryl methyl sites for hydroxylation is 1.